The van der Waals surface area contributed by atoms with Crippen molar-refractivity contribution in [2.24, 2.45) is 0 Å². The maximum absolute atomic E-state index is 13.6. The topological polar surface area (TPSA) is 115 Å². The van der Waals surface area contributed by atoms with Crippen LogP contribution in [0, 0.1) is 6.92 Å². The summed E-state index contributed by atoms with van der Waals surface area (Å²) in [4.78, 5) is 23.1. The number of aryl methyl sites for hydroxylation is 1. The Morgan fingerprint density at radius 2 is 2.00 bits per heavy atom. The van der Waals surface area contributed by atoms with Crippen LogP contribution in [-0.4, -0.2) is 51.4 Å². The van der Waals surface area contributed by atoms with Gasteiger partial charge in [0.05, 0.1) is 12.5 Å². The van der Waals surface area contributed by atoms with Gasteiger partial charge in [-0.25, -0.2) is 8.42 Å². The summed E-state index contributed by atoms with van der Waals surface area (Å²) < 4.78 is 45.5. The molecular formula is C27H30N2O7S. The highest BCUT2D eigenvalue weighted by Gasteiger charge is 2.34. The van der Waals surface area contributed by atoms with Crippen molar-refractivity contribution in [1.29, 1.82) is 0 Å². The quantitative estimate of drug-likeness (QED) is 0.424. The maximum atomic E-state index is 13.6. The zero-order valence-electron chi connectivity index (χ0n) is 21.0. The van der Waals surface area contributed by atoms with E-state index in [0.29, 0.717) is 24.4 Å². The van der Waals surface area contributed by atoms with Crippen molar-refractivity contribution >= 4 is 22.4 Å². The first-order valence-corrected chi connectivity index (χ1v) is 13.4. The molecule has 1 aliphatic heterocycles. The molecule has 3 aromatic rings. The molecule has 0 bridgehead atoms. The number of rotatable bonds is 9. The molecule has 1 aromatic heterocycles. The lowest BCUT2D eigenvalue weighted by atomic mass is 9.93. The molecule has 10 heteroatoms. The van der Waals surface area contributed by atoms with Crippen molar-refractivity contribution in [3.05, 3.63) is 82.8 Å². The molecule has 2 heterocycles. The van der Waals surface area contributed by atoms with Crippen LogP contribution in [0.2, 0.25) is 0 Å². The lowest BCUT2D eigenvalue weighted by Crippen LogP contribution is -2.36. The minimum Gasteiger partial charge on any atom is -0.488 e. The molecule has 1 N–H and O–H groups in total. The lowest BCUT2D eigenvalue weighted by molar-refractivity contribution is -0.129. The number of sulfonamides is 1. The van der Waals surface area contributed by atoms with Gasteiger partial charge >= 0.3 is 0 Å². The minimum atomic E-state index is -3.81. The number of nitrogens with one attached hydrogen (secondary N) is 1. The summed E-state index contributed by atoms with van der Waals surface area (Å²) in [5, 5.41) is 2.51. The smallest absolute Gasteiger partial charge is 0.293 e. The number of fused-ring (bicyclic) bond motifs is 1. The van der Waals surface area contributed by atoms with Crippen molar-refractivity contribution in [2.45, 2.75) is 43.7 Å². The summed E-state index contributed by atoms with van der Waals surface area (Å²) >= 11 is 0. The number of carbonyl (C=O) groups excluding carboxylic acids is 2. The van der Waals surface area contributed by atoms with Crippen molar-refractivity contribution in [3.63, 3.8) is 0 Å². The molecule has 9 nitrogen and oxygen atoms in total. The number of carbonyl (C=O) groups is 2. The molecule has 0 saturated carbocycles. The summed E-state index contributed by atoms with van der Waals surface area (Å²) in [7, 11) is -2.30. The first kappa shape index (κ1) is 26.4. The molecule has 1 amide bonds. The molecule has 4 rings (SSSR count). The van der Waals surface area contributed by atoms with E-state index >= 15 is 0 Å². The largest absolute Gasteiger partial charge is 0.488 e. The molecule has 0 spiro atoms. The van der Waals surface area contributed by atoms with Crippen LogP contribution >= 0.6 is 0 Å². The fraction of sp³-hybridized carbons (Fsp3) is 0.333. The molecule has 37 heavy (non-hydrogen) atoms. The van der Waals surface area contributed by atoms with Crippen LogP contribution in [-0.2, 0) is 26.1 Å². The summed E-state index contributed by atoms with van der Waals surface area (Å²) in [5.74, 6) is 0.0893. The Morgan fingerprint density at radius 1 is 1.22 bits per heavy atom. The van der Waals surface area contributed by atoms with E-state index in [1.54, 1.807) is 36.4 Å². The number of amides is 1. The molecule has 0 radical (unpaired) electrons. The Bertz CT molecular complexity index is 1380. The highest BCUT2D eigenvalue weighted by atomic mass is 32.2. The Morgan fingerprint density at radius 3 is 2.73 bits per heavy atom. The second-order valence-corrected chi connectivity index (χ2v) is 10.7. The fourth-order valence-electron chi connectivity index (χ4n) is 4.34. The number of hydrogen-bond acceptors (Lipinski definition) is 7. The predicted octanol–water partition coefficient (Wildman–Crippen LogP) is 3.61. The average molecular weight is 527 g/mol. The van der Waals surface area contributed by atoms with Crippen LogP contribution < -0.4 is 10.1 Å². The van der Waals surface area contributed by atoms with E-state index in [9.17, 15) is 18.0 Å². The van der Waals surface area contributed by atoms with E-state index in [-0.39, 0.29) is 42.4 Å². The summed E-state index contributed by atoms with van der Waals surface area (Å²) in [5.41, 5.74) is 2.46. The Hall–Kier alpha value is -3.63. The number of furan rings is 1. The van der Waals surface area contributed by atoms with Gasteiger partial charge in [-0.3, -0.25) is 9.59 Å². The third-order valence-electron chi connectivity index (χ3n) is 6.50. The van der Waals surface area contributed by atoms with Crippen molar-refractivity contribution < 1.29 is 31.9 Å². The van der Waals surface area contributed by atoms with Crippen LogP contribution in [0.5, 0.6) is 5.75 Å². The zero-order valence-corrected chi connectivity index (χ0v) is 21.8. The van der Waals surface area contributed by atoms with Gasteiger partial charge in [0.1, 0.15) is 29.1 Å². The van der Waals surface area contributed by atoms with Crippen LogP contribution in [0.3, 0.4) is 0 Å². The summed E-state index contributed by atoms with van der Waals surface area (Å²) in [6, 6.07) is 15.6. The molecule has 196 valence electrons. The van der Waals surface area contributed by atoms with Gasteiger partial charge in [-0.2, -0.15) is 4.31 Å². The second-order valence-electron chi connectivity index (χ2n) is 8.84. The van der Waals surface area contributed by atoms with E-state index in [1.165, 1.54) is 11.4 Å². The van der Waals surface area contributed by atoms with Crippen LogP contribution in [0.1, 0.15) is 52.3 Å². The molecule has 0 fully saturated rings. The maximum Gasteiger partial charge on any atom is 0.293 e. The van der Waals surface area contributed by atoms with Crippen LogP contribution in [0.15, 0.2) is 63.9 Å². The van der Waals surface area contributed by atoms with E-state index in [4.69, 9.17) is 13.9 Å². The first-order valence-electron chi connectivity index (χ1n) is 12.0. The molecule has 2 atom stereocenters. The van der Waals surface area contributed by atoms with Gasteiger partial charge in [-0.15, -0.1) is 0 Å². The van der Waals surface area contributed by atoms with Gasteiger partial charge < -0.3 is 19.2 Å². The van der Waals surface area contributed by atoms with Gasteiger partial charge in [0, 0.05) is 13.6 Å². The third kappa shape index (κ3) is 5.55. The Labute approximate surface area is 216 Å². The molecule has 0 aliphatic carbocycles. The number of benzene rings is 2. The van der Waals surface area contributed by atoms with Crippen molar-refractivity contribution in [3.8, 4) is 5.75 Å². The van der Waals surface area contributed by atoms with E-state index in [0.717, 1.165) is 16.7 Å². The average Bonchev–Trinajstić information content (AvgIpc) is 3.35. The van der Waals surface area contributed by atoms with Crippen molar-refractivity contribution in [2.75, 3.05) is 20.2 Å². The highest BCUT2D eigenvalue weighted by molar-refractivity contribution is 7.89. The predicted molar refractivity (Wildman–Crippen MR) is 136 cm³/mol. The third-order valence-corrected chi connectivity index (χ3v) is 8.35. The van der Waals surface area contributed by atoms with E-state index in [2.05, 4.69) is 5.32 Å². The lowest BCUT2D eigenvalue weighted by Gasteiger charge is -2.24. The summed E-state index contributed by atoms with van der Waals surface area (Å²) in [6.45, 7) is 4.58. The molecule has 2 aromatic carbocycles. The van der Waals surface area contributed by atoms with Gasteiger partial charge in [0.25, 0.3) is 12.4 Å². The van der Waals surface area contributed by atoms with Crippen LogP contribution in [0.4, 0.5) is 0 Å². The molecule has 1 unspecified atom stereocenters. The SMILES string of the molecule is CC[C@@H]1CN(Cc2cc(C(COC=O)c3ccc(C(=O)NC)o3)ccc2C)S(=O)(=O)c2ccccc2O1. The zero-order chi connectivity index (χ0) is 26.6. The van der Waals surface area contributed by atoms with Gasteiger partial charge in [0.15, 0.2) is 5.76 Å². The number of nitrogens with zero attached hydrogens (tertiary/aromatic N) is 1. The van der Waals surface area contributed by atoms with Gasteiger partial charge in [0.2, 0.25) is 10.0 Å². The normalized spacial score (nSPS) is 17.6. The Kier molecular flexibility index (Phi) is 7.99. The van der Waals surface area contributed by atoms with Gasteiger partial charge in [-0.05, 0) is 54.3 Å². The van der Waals surface area contributed by atoms with E-state index < -0.39 is 15.9 Å². The first-order chi connectivity index (χ1) is 17.8. The minimum absolute atomic E-state index is 0.00612. The fourth-order valence-corrected chi connectivity index (χ4v) is 5.91. The summed E-state index contributed by atoms with van der Waals surface area (Å²) in [6.07, 6.45) is 0.360. The number of para-hydroxylation sites is 1. The van der Waals surface area contributed by atoms with E-state index in [1.807, 2.05) is 32.0 Å². The van der Waals surface area contributed by atoms with Gasteiger partial charge in [-0.1, -0.05) is 37.3 Å². The second kappa shape index (κ2) is 11.2. The van der Waals surface area contributed by atoms with Crippen LogP contribution in [0.25, 0.3) is 0 Å². The molecular weight excluding hydrogens is 496 g/mol. The monoisotopic (exact) mass is 526 g/mol. The number of ether oxygens (including phenoxy) is 2. The molecule has 0 saturated heterocycles. The van der Waals surface area contributed by atoms with Crippen molar-refractivity contribution in [1.82, 2.24) is 9.62 Å². The standard InChI is InChI=1S/C27H30N2O7S/c1-4-21-15-29(37(32,33)26-8-6-5-7-24(26)35-21)14-20-13-19(10-9-18(20)2)22(16-34-17-30)23-11-12-25(36-23)27(31)28-3/h5-13,17,21-22H,4,14-16H2,1-3H3,(H,28,31)/t21-,22?/m1/s1. The number of hydrogen-bond donors (Lipinski definition) is 1. The highest BCUT2D eigenvalue weighted by Crippen LogP contribution is 2.34. The Balaban J connectivity index is 1.70. The molecule has 1 aliphatic rings.